The minimum atomic E-state index is -3.51. The maximum Gasteiger partial charge on any atom is 0.216 e. The summed E-state index contributed by atoms with van der Waals surface area (Å²) in [5, 5.41) is 18.6. The third-order valence-corrected chi connectivity index (χ3v) is 4.85. The fourth-order valence-corrected chi connectivity index (χ4v) is 3.91. The second-order valence-corrected chi connectivity index (χ2v) is 6.90. The van der Waals surface area contributed by atoms with E-state index < -0.39 is 22.2 Å². The molecule has 0 aliphatic heterocycles. The summed E-state index contributed by atoms with van der Waals surface area (Å²) < 4.78 is 26.8. The smallest absolute Gasteiger partial charge is 0.216 e. The van der Waals surface area contributed by atoms with Crippen molar-refractivity contribution in [3.05, 3.63) is 35.4 Å². The molecule has 0 aromatic heterocycles. The molecule has 6 heteroatoms. The van der Waals surface area contributed by atoms with Gasteiger partial charge in [-0.25, -0.2) is 13.1 Å². The van der Waals surface area contributed by atoms with Crippen molar-refractivity contribution in [3.63, 3.8) is 0 Å². The molecule has 0 bridgehead atoms. The molecule has 1 aromatic rings. The molecule has 0 heterocycles. The molecule has 2 rings (SSSR count). The number of aliphatic hydroxyl groups excluding tert-OH is 1. The van der Waals surface area contributed by atoms with E-state index >= 15 is 0 Å². The number of sulfonamides is 1. The highest BCUT2D eigenvalue weighted by atomic mass is 32.2. The molecule has 2 atom stereocenters. The summed E-state index contributed by atoms with van der Waals surface area (Å²) in [5.41, 5.74) is 1.01. The normalized spacial score (nSPS) is 23.2. The second kappa shape index (κ2) is 6.35. The van der Waals surface area contributed by atoms with E-state index in [-0.39, 0.29) is 5.75 Å². The van der Waals surface area contributed by atoms with Gasteiger partial charge in [-0.2, -0.15) is 5.26 Å². The van der Waals surface area contributed by atoms with E-state index in [1.54, 1.807) is 24.3 Å². The molecule has 0 radical (unpaired) electrons. The highest BCUT2D eigenvalue weighted by Gasteiger charge is 2.27. The lowest BCUT2D eigenvalue weighted by atomic mass is 9.93. The Balaban J connectivity index is 2.05. The summed E-state index contributed by atoms with van der Waals surface area (Å²) in [5.74, 6) is -0.175. The number of hydrogen-bond donors (Lipinski definition) is 2. The summed E-state index contributed by atoms with van der Waals surface area (Å²) in [6, 6.07) is 8.13. The third-order valence-electron chi connectivity index (χ3n) is 3.47. The van der Waals surface area contributed by atoms with Crippen LogP contribution >= 0.6 is 0 Å². The van der Waals surface area contributed by atoms with Crippen LogP contribution in [0.1, 0.15) is 36.8 Å². The molecule has 0 unspecified atom stereocenters. The van der Waals surface area contributed by atoms with E-state index in [1.807, 2.05) is 6.07 Å². The average Bonchev–Trinajstić information content (AvgIpc) is 2.41. The topological polar surface area (TPSA) is 90.2 Å². The van der Waals surface area contributed by atoms with E-state index in [1.165, 1.54) is 0 Å². The molecule has 1 aliphatic carbocycles. The van der Waals surface area contributed by atoms with Crippen LogP contribution in [0, 0.1) is 11.3 Å². The van der Waals surface area contributed by atoms with Gasteiger partial charge in [-0.05, 0) is 30.5 Å². The zero-order valence-corrected chi connectivity index (χ0v) is 11.9. The predicted octanol–water partition coefficient (Wildman–Crippen LogP) is 1.28. The Morgan fingerprint density at radius 2 is 2.10 bits per heavy atom. The van der Waals surface area contributed by atoms with Crippen LogP contribution in [0.5, 0.6) is 0 Å². The highest BCUT2D eigenvalue weighted by molar-refractivity contribution is 7.88. The van der Waals surface area contributed by atoms with Crippen LogP contribution in [-0.4, -0.2) is 25.7 Å². The van der Waals surface area contributed by atoms with Crippen molar-refractivity contribution < 1.29 is 13.5 Å². The molecule has 20 heavy (non-hydrogen) atoms. The Morgan fingerprint density at radius 1 is 1.35 bits per heavy atom. The number of nitrogens with one attached hydrogen (secondary N) is 1. The van der Waals surface area contributed by atoms with Crippen molar-refractivity contribution in [2.75, 3.05) is 0 Å². The molecule has 1 aromatic carbocycles. The van der Waals surface area contributed by atoms with Gasteiger partial charge in [0.15, 0.2) is 0 Å². The zero-order chi connectivity index (χ0) is 14.6. The summed E-state index contributed by atoms with van der Waals surface area (Å²) >= 11 is 0. The van der Waals surface area contributed by atoms with Crippen LogP contribution in [0.15, 0.2) is 24.3 Å². The fourth-order valence-electron chi connectivity index (χ4n) is 2.47. The molecule has 0 spiro atoms. The van der Waals surface area contributed by atoms with Crippen molar-refractivity contribution in [2.45, 2.75) is 43.6 Å². The van der Waals surface area contributed by atoms with Gasteiger partial charge < -0.3 is 5.11 Å². The number of benzene rings is 1. The fraction of sp³-hybridized carbons (Fsp3) is 0.500. The van der Waals surface area contributed by atoms with Gasteiger partial charge in [0.2, 0.25) is 10.0 Å². The monoisotopic (exact) mass is 294 g/mol. The van der Waals surface area contributed by atoms with Crippen molar-refractivity contribution in [1.29, 1.82) is 5.26 Å². The molecular formula is C14H18N2O3S. The summed E-state index contributed by atoms with van der Waals surface area (Å²) in [4.78, 5) is 0. The van der Waals surface area contributed by atoms with E-state index in [0.29, 0.717) is 24.0 Å². The Morgan fingerprint density at radius 3 is 2.80 bits per heavy atom. The van der Waals surface area contributed by atoms with Crippen molar-refractivity contribution in [3.8, 4) is 6.07 Å². The molecular weight excluding hydrogens is 276 g/mol. The lowest BCUT2D eigenvalue weighted by molar-refractivity contribution is 0.101. The van der Waals surface area contributed by atoms with Crippen LogP contribution in [0.2, 0.25) is 0 Å². The summed E-state index contributed by atoms with van der Waals surface area (Å²) in [6.07, 6.45) is 2.55. The lowest BCUT2D eigenvalue weighted by Gasteiger charge is -2.28. The first kappa shape index (κ1) is 15.0. The molecule has 0 saturated heterocycles. The number of rotatable bonds is 4. The quantitative estimate of drug-likeness (QED) is 0.875. The molecule has 1 saturated carbocycles. The van der Waals surface area contributed by atoms with Gasteiger partial charge in [0, 0.05) is 6.04 Å². The first-order chi connectivity index (χ1) is 9.50. The predicted molar refractivity (Wildman–Crippen MR) is 75.2 cm³/mol. The molecule has 2 N–H and O–H groups in total. The molecule has 5 nitrogen and oxygen atoms in total. The number of hydrogen-bond acceptors (Lipinski definition) is 4. The van der Waals surface area contributed by atoms with Crippen molar-refractivity contribution >= 4 is 10.0 Å². The van der Waals surface area contributed by atoms with E-state index in [9.17, 15) is 13.5 Å². The molecule has 1 fully saturated rings. The van der Waals surface area contributed by atoms with Crippen molar-refractivity contribution in [1.82, 2.24) is 4.72 Å². The van der Waals surface area contributed by atoms with Crippen LogP contribution in [0.4, 0.5) is 0 Å². The summed E-state index contributed by atoms with van der Waals surface area (Å²) in [6.45, 7) is 0. The van der Waals surface area contributed by atoms with Crippen LogP contribution in [0.3, 0.4) is 0 Å². The van der Waals surface area contributed by atoms with E-state index in [2.05, 4.69) is 4.72 Å². The third kappa shape index (κ3) is 4.04. The minimum Gasteiger partial charge on any atom is -0.391 e. The highest BCUT2D eigenvalue weighted by Crippen LogP contribution is 2.19. The van der Waals surface area contributed by atoms with Crippen molar-refractivity contribution in [2.24, 2.45) is 0 Å². The van der Waals surface area contributed by atoms with Gasteiger partial charge in [0.1, 0.15) is 0 Å². The summed E-state index contributed by atoms with van der Waals surface area (Å²) in [7, 11) is -3.51. The van der Waals surface area contributed by atoms with E-state index in [0.717, 1.165) is 12.8 Å². The lowest BCUT2D eigenvalue weighted by Crippen LogP contribution is -2.45. The number of nitriles is 1. The Kier molecular flexibility index (Phi) is 4.76. The number of aliphatic hydroxyl groups is 1. The zero-order valence-electron chi connectivity index (χ0n) is 11.1. The van der Waals surface area contributed by atoms with Gasteiger partial charge in [-0.15, -0.1) is 0 Å². The second-order valence-electron chi connectivity index (χ2n) is 5.15. The van der Waals surface area contributed by atoms with Gasteiger partial charge in [0.05, 0.1) is 23.5 Å². The van der Waals surface area contributed by atoms with Crippen LogP contribution in [-0.2, 0) is 15.8 Å². The Labute approximate surface area is 119 Å². The molecule has 1 aliphatic rings. The van der Waals surface area contributed by atoms with Crippen LogP contribution < -0.4 is 4.72 Å². The minimum absolute atomic E-state index is 0.175. The molecule has 0 amide bonds. The first-order valence-electron chi connectivity index (χ1n) is 6.67. The first-order valence-corrected chi connectivity index (χ1v) is 8.32. The SMILES string of the molecule is N#Cc1cccc(CS(=O)(=O)N[C@@H]2CCCC[C@H]2O)c1. The average molecular weight is 294 g/mol. The van der Waals surface area contributed by atoms with Gasteiger partial charge in [0.25, 0.3) is 0 Å². The maximum atomic E-state index is 12.1. The maximum absolute atomic E-state index is 12.1. The number of nitrogens with zero attached hydrogens (tertiary/aromatic N) is 1. The Hall–Kier alpha value is -1.42. The standard InChI is InChI=1S/C14H18N2O3S/c15-9-11-4-3-5-12(8-11)10-20(18,19)16-13-6-1-2-7-14(13)17/h3-5,8,13-14,16-17H,1-2,6-7,10H2/t13-,14-/m1/s1. The van der Waals surface area contributed by atoms with Gasteiger partial charge in [-0.3, -0.25) is 0 Å². The van der Waals surface area contributed by atoms with Crippen LogP contribution in [0.25, 0.3) is 0 Å². The van der Waals surface area contributed by atoms with Gasteiger partial charge in [-0.1, -0.05) is 25.0 Å². The van der Waals surface area contributed by atoms with E-state index in [4.69, 9.17) is 5.26 Å². The Bertz CT molecular complexity index is 607. The molecule has 108 valence electrons. The largest absolute Gasteiger partial charge is 0.391 e. The van der Waals surface area contributed by atoms with Gasteiger partial charge >= 0.3 is 0 Å².